The number of anilines is 3. The van der Waals surface area contributed by atoms with Crippen LogP contribution in [0, 0.1) is 44.5 Å². The van der Waals surface area contributed by atoms with Crippen molar-refractivity contribution in [3.63, 3.8) is 0 Å². The maximum absolute atomic E-state index is 12.7. The van der Waals surface area contributed by atoms with E-state index in [0.29, 0.717) is 142 Å². The van der Waals surface area contributed by atoms with Crippen LogP contribution in [0.3, 0.4) is 0 Å². The van der Waals surface area contributed by atoms with E-state index in [0.717, 1.165) is 93.5 Å². The minimum absolute atomic E-state index is 0. The number of halogens is 3. The summed E-state index contributed by atoms with van der Waals surface area (Å²) in [6.45, 7) is 35.8. The number of nitrogens with zero attached hydrogens (tertiary/aromatic N) is 5. The quantitative estimate of drug-likeness (QED) is 0.00603. The van der Waals surface area contributed by atoms with Gasteiger partial charge in [-0.3, -0.25) is 40.0 Å². The molecule has 3 aliphatic heterocycles. The maximum Gasteiger partial charge on any atom is 1.00 e. The van der Waals surface area contributed by atoms with Crippen LogP contribution in [0.1, 0.15) is 167 Å². The zero-order chi connectivity index (χ0) is 104. The first-order valence-corrected chi connectivity index (χ1v) is 46.6. The standard InChI is InChI=1S/C32H32ClN3O5.C30H28ClN3O5.C30H32ClN3O5.2C5H8.C4H6O4.C2H3BO2.CH4.Li.Na.H2O/c1-5-39-30(37)32(18-36(4)19-32)25-16-14-23(15-17-25)22-10-12-24(13-11-22)29-28(20(2)35-41-29)34-31(38)40-21(3)26-8-6-7-9-27(26)33;1-19-27(32-29(36)38-20(2)25-6-4-5-7-26(25)31)28(39-33-19)23-10-8-21(9-11-23)22-12-14-24(15-13-22)30(37-18-35)16-34(3)17-30;1-6-25(18(3)31)20(5)38-29(36)33-26-19(4)34-39-27(26)23-10-8-21(9-11-23)22-12-14-24(15-13-22)30(16-32-17-30)28(35)37-7-2;2*1-3-5-4-2;1-3(5)7-8-4(2)6;1-2(4)5-3;;;;/h6-17,21H,5,18-19H2,1-4H3,(H,34,38);4-15,18,20H,16-17H2,1-3H3,(H,32,36);6,8-15,20,32H,1,7,16-17H2,2-5H3,(H,33,36);2*3H2,1-2H3;1-2H3;1H3;1H4;;;1H2/q;;;;;;-1;;2*+1;/p-1/b;;25-18-;;;;;;;;/t21-;2*20-;;;;;;;;/m111......../s1. The summed E-state index contributed by atoms with van der Waals surface area (Å²) in [5.41, 5.74) is 14.2. The third-order valence-electron chi connectivity index (χ3n) is 22.3. The summed E-state index contributed by atoms with van der Waals surface area (Å²) < 4.78 is 53.0. The van der Waals surface area contributed by atoms with Crippen LogP contribution in [0.25, 0.3) is 67.4 Å². The molecule has 0 aliphatic carbocycles. The van der Waals surface area contributed by atoms with Crippen molar-refractivity contribution in [3.05, 3.63) is 272 Å². The van der Waals surface area contributed by atoms with E-state index in [1.807, 2.05) is 238 Å². The molecule has 3 aliphatic rings. The average Bonchev–Trinajstić information content (AvgIpc) is 0.965. The summed E-state index contributed by atoms with van der Waals surface area (Å²) in [4.78, 5) is 115. The first-order chi connectivity index (χ1) is 67.9. The van der Waals surface area contributed by atoms with Crippen molar-refractivity contribution in [2.24, 2.45) is 0 Å². The zero-order valence-electron chi connectivity index (χ0n) is 85.1. The van der Waals surface area contributed by atoms with E-state index in [-0.39, 0.29) is 73.3 Å². The minimum Gasteiger partial charge on any atom is -0.870 e. The molecule has 3 aromatic heterocycles. The van der Waals surface area contributed by atoms with Gasteiger partial charge in [0.05, 0.1) is 13.2 Å². The Morgan fingerprint density at radius 1 is 0.493 bits per heavy atom. The number of amides is 3. The number of ether oxygens (including phenoxy) is 6. The Bertz CT molecular complexity index is 6270. The van der Waals surface area contributed by atoms with Crippen molar-refractivity contribution in [3.8, 4) is 91.0 Å². The molecule has 3 radical (unpaired) electrons. The molecule has 3 saturated heterocycles. The molecule has 31 nitrogen and oxygen atoms in total. The Labute approximate surface area is 903 Å². The Hall–Kier alpha value is -13.0. The summed E-state index contributed by atoms with van der Waals surface area (Å²) in [7, 11) is 8.31. The van der Waals surface area contributed by atoms with Crippen molar-refractivity contribution in [2.75, 3.05) is 82.5 Å². The van der Waals surface area contributed by atoms with Gasteiger partial charge in [0, 0.05) is 121 Å². The third kappa shape index (κ3) is 34.6. The van der Waals surface area contributed by atoms with Crippen molar-refractivity contribution in [2.45, 2.75) is 166 Å². The molecule has 0 spiro atoms. The topological polar surface area (TPSA) is 399 Å². The minimum atomic E-state index is -0.661. The number of carbonyl (C=O) groups excluding carboxylic acids is 9. The third-order valence-corrected chi connectivity index (χ3v) is 23.2. The molecule has 3 fully saturated rings. The number of nitrogens with one attached hydrogen (secondary N) is 4. The van der Waals surface area contributed by atoms with Gasteiger partial charge in [-0.05, 0) is 152 Å². The van der Waals surface area contributed by atoms with E-state index >= 15 is 0 Å². The number of esters is 2. The summed E-state index contributed by atoms with van der Waals surface area (Å²) in [6.07, 6.45) is -0.0798. The van der Waals surface area contributed by atoms with Gasteiger partial charge in [0.1, 0.15) is 63.3 Å². The summed E-state index contributed by atoms with van der Waals surface area (Å²) in [5.74, 6) is 10.4. The van der Waals surface area contributed by atoms with Crippen LogP contribution in [0.15, 0.2) is 231 Å². The molecule has 3 amide bonds. The van der Waals surface area contributed by atoms with Gasteiger partial charge in [0.2, 0.25) is 5.97 Å². The Kier molecular flexibility index (Phi) is 52.7. The number of carbonyl (C=O) groups is 9. The van der Waals surface area contributed by atoms with Gasteiger partial charge in [0.25, 0.3) is 6.47 Å². The van der Waals surface area contributed by atoms with E-state index in [4.69, 9.17) is 76.8 Å². The molecular weight excluding hydrogens is 1930 g/mol. The molecule has 5 N–H and O–H groups in total. The first-order valence-electron chi connectivity index (χ1n) is 45.4. The molecule has 11 aromatic rings. The van der Waals surface area contributed by atoms with E-state index in [2.05, 4.69) is 99.3 Å². The molecule has 0 saturated carbocycles. The van der Waals surface area contributed by atoms with Gasteiger partial charge in [-0.1, -0.05) is 266 Å². The number of likely N-dealkylation sites (N-methyl/N-ethyl adjacent to an activating group) is 2. The summed E-state index contributed by atoms with van der Waals surface area (Å²) in [5, 5.41) is 25.1. The number of allylic oxidation sites excluding steroid dienone is 1. The molecule has 761 valence electrons. The van der Waals surface area contributed by atoms with E-state index < -0.39 is 70.9 Å². The van der Waals surface area contributed by atoms with E-state index in [1.165, 1.54) is 6.92 Å². The van der Waals surface area contributed by atoms with E-state index in [1.54, 1.807) is 66.7 Å². The predicted molar refractivity (Wildman–Crippen MR) is 555 cm³/mol. The normalized spacial score (nSPS) is 13.4. The van der Waals surface area contributed by atoms with Gasteiger partial charge in [-0.15, -0.1) is 23.7 Å². The molecule has 37 heteroatoms. The van der Waals surface area contributed by atoms with Gasteiger partial charge in [0.15, 0.2) is 22.9 Å². The second-order valence-electron chi connectivity index (χ2n) is 32.7. The number of aryl methyl sites for hydroxylation is 3. The Morgan fingerprint density at radius 3 is 1.05 bits per heavy atom. The van der Waals surface area contributed by atoms with Crippen molar-refractivity contribution >= 4 is 115 Å². The number of benzene rings is 8. The van der Waals surface area contributed by atoms with Gasteiger partial charge >= 0.3 is 90.6 Å². The zero-order valence-corrected chi connectivity index (χ0v) is 89.4. The van der Waals surface area contributed by atoms with Crippen LogP contribution in [0.2, 0.25) is 10.0 Å². The molecule has 3 atom stereocenters. The SMILES string of the molecule is C.C=C/C(=C(\C)Cl)[C@@H](C)OC(=O)Nc1c(C)noc1-c1ccc(-c2ccc(C3(C(=O)OCC)CNC3)cc2)cc1.CC#CCC.CC#CCC.CC(=O)OOC(C)=O.CCOC(=O)C1(c2ccc(-c3ccc(-c4onc(C)c4NC(=O)O[C@H](C)c4ccccc4Cl)cc3)cc2)CN(C)C1.Cc1noc(-c2ccc(-c3ccc(C4(OC=O)CN(C)C4)cc3)cc2)c1NC(=O)O[C@H](C)c1ccccc1Cl.[B-]OC(C)=O.[Li+].[Na+].[OH-]. The monoisotopic (exact) mass is 2050 g/mol. The van der Waals surface area contributed by atoms with Crippen LogP contribution in [-0.4, -0.2) is 166 Å². The summed E-state index contributed by atoms with van der Waals surface area (Å²) >= 11 is 18.5. The van der Waals surface area contributed by atoms with E-state index in [9.17, 15) is 43.2 Å². The van der Waals surface area contributed by atoms with Crippen LogP contribution in [0.5, 0.6) is 0 Å². The maximum atomic E-state index is 12.7. The summed E-state index contributed by atoms with van der Waals surface area (Å²) in [6, 6.07) is 61.7. The van der Waals surface area contributed by atoms with Crippen LogP contribution in [0.4, 0.5) is 31.4 Å². The number of aromatic nitrogens is 3. The Balaban J connectivity index is 0.000000405. The predicted octanol–water partition coefficient (Wildman–Crippen LogP) is 16.9. The number of hydrogen-bond donors (Lipinski definition) is 4. The molecule has 0 bridgehead atoms. The van der Waals surface area contributed by atoms with Crippen molar-refractivity contribution in [1.82, 2.24) is 30.6 Å². The van der Waals surface area contributed by atoms with Gasteiger partial charge < -0.3 is 70.4 Å². The van der Waals surface area contributed by atoms with Crippen LogP contribution < -0.4 is 69.7 Å². The molecule has 146 heavy (non-hydrogen) atoms. The Morgan fingerprint density at radius 2 is 0.795 bits per heavy atom. The number of likely N-dealkylation sites (tertiary alicyclic amines) is 2. The van der Waals surface area contributed by atoms with Crippen molar-refractivity contribution in [1.29, 1.82) is 0 Å². The second kappa shape index (κ2) is 61.4. The fourth-order valence-corrected chi connectivity index (χ4v) is 16.0. The first kappa shape index (κ1) is 125. The van der Waals surface area contributed by atoms with Gasteiger partial charge in [-0.25, -0.2) is 33.7 Å². The van der Waals surface area contributed by atoms with Crippen LogP contribution in [-0.2, 0) is 88.0 Å². The van der Waals surface area contributed by atoms with Crippen molar-refractivity contribution < 1.29 is 153 Å². The molecule has 0 unspecified atom stereocenters. The smallest absolute Gasteiger partial charge is 0.870 e. The molecule has 6 heterocycles. The van der Waals surface area contributed by atoms with Crippen LogP contribution >= 0.6 is 34.8 Å². The number of rotatable bonds is 25. The molecule has 14 rings (SSSR count). The number of hydrogen-bond acceptors (Lipinski definition) is 28. The fourth-order valence-electron chi connectivity index (χ4n) is 15.2. The largest absolute Gasteiger partial charge is 1.00 e. The molecular formula is C109H122BCl3LiN9NaO22. The average molecular weight is 2060 g/mol. The van der Waals surface area contributed by atoms with Gasteiger partial charge in [-0.2, -0.15) is 0 Å². The second-order valence-corrected chi connectivity index (χ2v) is 34.1. The molecule has 8 aromatic carbocycles. The fraction of sp³-hybridized carbons (Fsp3) is 0.321.